The third-order valence-electron chi connectivity index (χ3n) is 30.7. The van der Waals surface area contributed by atoms with Gasteiger partial charge in [0.05, 0.1) is 74.6 Å². The van der Waals surface area contributed by atoms with E-state index in [0.717, 1.165) is 187 Å². The van der Waals surface area contributed by atoms with E-state index in [1.165, 1.54) is 73.4 Å². The lowest BCUT2D eigenvalue weighted by atomic mass is 9.87. The van der Waals surface area contributed by atoms with Crippen molar-refractivity contribution in [2.24, 2.45) is 0 Å². The van der Waals surface area contributed by atoms with Crippen LogP contribution in [0.25, 0.3) is 43.6 Å². The Bertz CT molecular complexity index is 6130. The molecule has 0 saturated carbocycles. The first-order chi connectivity index (χ1) is 69.6. The fraction of sp³-hybridized carbons (Fsp3) is 0.504. The molecule has 4 saturated heterocycles. The van der Waals surface area contributed by atoms with Gasteiger partial charge in [-0.1, -0.05) is 144 Å². The molecule has 8 aliphatic heterocycles. The van der Waals surface area contributed by atoms with Gasteiger partial charge in [0.25, 0.3) is 17.8 Å². The number of hydrogen-bond donors (Lipinski definition) is 12. The van der Waals surface area contributed by atoms with E-state index in [1.807, 2.05) is 123 Å². The van der Waals surface area contributed by atoms with Crippen LogP contribution in [0.1, 0.15) is 205 Å². The number of alkyl halides is 7. The summed E-state index contributed by atoms with van der Waals surface area (Å²) in [6, 6.07) is 46.8. The van der Waals surface area contributed by atoms with Crippen LogP contribution in [0.2, 0.25) is 0 Å². The number of aliphatic hydroxyl groups is 4. The number of fused-ring (bicyclic) bond motifs is 12. The van der Waals surface area contributed by atoms with Gasteiger partial charge in [-0.2, -0.15) is 0 Å². The summed E-state index contributed by atoms with van der Waals surface area (Å²) in [6.45, 7) is 22.7. The second-order valence-corrected chi connectivity index (χ2v) is 42.3. The Kier molecular flexibility index (Phi) is 33.3. The molecule has 12 heterocycles. The van der Waals surface area contributed by atoms with Crippen molar-refractivity contribution >= 4 is 66.4 Å². The molecule has 20 nitrogen and oxygen atoms in total. The highest BCUT2D eigenvalue weighted by atomic mass is 19.3. The summed E-state index contributed by atoms with van der Waals surface area (Å²) in [6.07, 6.45) is 11.6. The maximum Gasteiger partial charge on any atom is 0.283 e. The van der Waals surface area contributed by atoms with Crippen LogP contribution in [0.5, 0.6) is 0 Å². The first-order valence-corrected chi connectivity index (χ1v) is 52.1. The fourth-order valence-electron chi connectivity index (χ4n) is 23.0. The number of aliphatic hydroxyl groups excluding tert-OH is 4. The second kappa shape index (κ2) is 45.5. The third-order valence-corrected chi connectivity index (χ3v) is 30.7. The van der Waals surface area contributed by atoms with Crippen LogP contribution in [0.4, 0.5) is 75.4 Å². The number of para-hydroxylation sites is 4. The summed E-state index contributed by atoms with van der Waals surface area (Å²) in [7, 11) is 0. The van der Waals surface area contributed by atoms with Gasteiger partial charge in [0.1, 0.15) is 54.6 Å². The van der Waals surface area contributed by atoms with E-state index in [-0.39, 0.29) is 60.0 Å². The molecule has 4 aromatic heterocycles. The molecule has 782 valence electrons. The summed E-state index contributed by atoms with van der Waals surface area (Å²) in [5, 5.41) is 55.1. The first kappa shape index (κ1) is 106. The van der Waals surface area contributed by atoms with Crippen molar-refractivity contribution in [3.8, 4) is 0 Å². The lowest BCUT2D eigenvalue weighted by Crippen LogP contribution is -2.54. The molecule has 9 unspecified atom stereocenters. The lowest BCUT2D eigenvalue weighted by Gasteiger charge is -2.43. The van der Waals surface area contributed by atoms with Gasteiger partial charge in [-0.25, -0.2) is 52.7 Å². The smallest absolute Gasteiger partial charge is 0.283 e. The van der Waals surface area contributed by atoms with Crippen LogP contribution in [0.3, 0.4) is 0 Å². The third kappa shape index (κ3) is 23.8. The molecule has 8 aliphatic rings. The van der Waals surface area contributed by atoms with E-state index >= 15 is 26.3 Å². The number of nitrogens with zero attached hydrogens (tertiary/aromatic N) is 8. The van der Waals surface area contributed by atoms with Gasteiger partial charge in [0.2, 0.25) is 0 Å². The zero-order valence-corrected chi connectivity index (χ0v) is 84.5. The lowest BCUT2D eigenvalue weighted by molar-refractivity contribution is -0.0870. The molecule has 0 aliphatic carbocycles. The highest BCUT2D eigenvalue weighted by molar-refractivity contribution is 5.88. The summed E-state index contributed by atoms with van der Waals surface area (Å²) in [5.74, 6) is -13.2. The highest BCUT2D eigenvalue weighted by Crippen LogP contribution is 2.50. The molecule has 0 bridgehead atoms. The van der Waals surface area contributed by atoms with Gasteiger partial charge in [-0.3, -0.25) is 39.2 Å². The van der Waals surface area contributed by atoms with Crippen molar-refractivity contribution in [3.63, 3.8) is 0 Å². The summed E-state index contributed by atoms with van der Waals surface area (Å²) in [4.78, 5) is 29.7. The second-order valence-electron chi connectivity index (χ2n) is 42.3. The maximum atomic E-state index is 15.8. The molecule has 32 heteroatoms. The van der Waals surface area contributed by atoms with Crippen LogP contribution in [0, 0.1) is 29.1 Å². The van der Waals surface area contributed by atoms with Crippen molar-refractivity contribution < 1.29 is 73.1 Å². The van der Waals surface area contributed by atoms with Crippen LogP contribution in [-0.4, -0.2) is 282 Å². The monoisotopic (exact) mass is 2020 g/mol. The molecule has 9 atom stereocenters. The standard InChI is InChI=1S/C29H37F3N4O.C28H34F4N4O.C28H35F3N4O.C28H36F2N4O/c1-4-5-10-35-14-20(15-35)33-19-12-23(30)26(24(31)13-19)28-27-22(21-8-6-7-9-25(21)34-27)11-18(2)36(28)16-29(3,32)17-37;1-3-4-9-35-13-19(14-35)33-18-11-22(29)25(23(30)12-18)27-26-21(20-7-5-6-8-24(20)34-26)10-17(2)36(27)15-28(31,32)16-37;1-3-4-11-34-14-20(15-34)32-19-9-10-22(24(29)13-19)27-26-23(21-7-5-6-8-25(21)33-26)12-18(2)35(27)16-28(30,31)17-36;1-3-4-13-33-15-22(16-33)31-21-11-9-20(10-12-21)27-26-24(23-7-5-6-8-25(23)32-26)14-19(2)34(27)17-28(29,30)18-35/h6-9,12-13,18,20,28,33-34,37H,4-5,10-11,14-17H2,1-3H3;5-8,11-12,17,19,27,33-34,37H,3-4,9-10,13-16H2,1-2H3;5-10,13,18,20,27,32-33,36H,3-4,11-12,14-17H2,1-2H3;5-12,19,22,27,31-32,35H,3-4,13-18H2,1-2H3. The summed E-state index contributed by atoms with van der Waals surface area (Å²) < 4.78 is 180. The van der Waals surface area contributed by atoms with Crippen LogP contribution >= 0.6 is 0 Å². The van der Waals surface area contributed by atoms with Crippen LogP contribution in [0.15, 0.2) is 164 Å². The van der Waals surface area contributed by atoms with E-state index in [2.05, 4.69) is 119 Å². The van der Waals surface area contributed by atoms with Gasteiger partial charge in [0.15, 0.2) is 0 Å². The number of benzene rings is 8. The van der Waals surface area contributed by atoms with Gasteiger partial charge >= 0.3 is 0 Å². The van der Waals surface area contributed by atoms with Crippen molar-refractivity contribution in [2.75, 3.05) is 152 Å². The predicted molar refractivity (Wildman–Crippen MR) is 553 cm³/mol. The summed E-state index contributed by atoms with van der Waals surface area (Å²) in [5.41, 5.74) is 12.2. The molecule has 12 N–H and O–H groups in total. The van der Waals surface area contributed by atoms with Crippen LogP contribution < -0.4 is 21.3 Å². The zero-order valence-electron chi connectivity index (χ0n) is 84.5. The van der Waals surface area contributed by atoms with Gasteiger partial charge in [-0.15, -0.1) is 0 Å². The number of anilines is 4. The average molecular weight is 2020 g/mol. The molecule has 12 aromatic rings. The van der Waals surface area contributed by atoms with E-state index in [1.54, 1.807) is 22.8 Å². The molecular weight excluding hydrogens is 1870 g/mol. The molecule has 145 heavy (non-hydrogen) atoms. The maximum absolute atomic E-state index is 15.8. The fourth-order valence-corrected chi connectivity index (χ4v) is 23.0. The summed E-state index contributed by atoms with van der Waals surface area (Å²) >= 11 is 0. The average Bonchev–Trinajstić information content (AvgIpc) is 1.56. The van der Waals surface area contributed by atoms with E-state index in [4.69, 9.17) is 0 Å². The zero-order chi connectivity index (χ0) is 103. The van der Waals surface area contributed by atoms with Crippen molar-refractivity contribution in [3.05, 3.63) is 260 Å². The van der Waals surface area contributed by atoms with Crippen molar-refractivity contribution in [2.45, 2.75) is 235 Å². The van der Waals surface area contributed by atoms with Gasteiger partial charge < -0.3 is 61.6 Å². The Morgan fingerprint density at radius 3 is 0.897 bits per heavy atom. The number of aromatic nitrogens is 4. The number of likely N-dealkylation sites (tertiary alicyclic amines) is 4. The number of aromatic amines is 4. The topological polar surface area (TPSA) is 218 Å². The number of unbranched alkanes of at least 4 members (excludes halogenated alkanes) is 4. The Balaban J connectivity index is 0.000000132. The minimum atomic E-state index is -3.42. The van der Waals surface area contributed by atoms with Gasteiger partial charge in [-0.05, 0) is 213 Å². The largest absolute Gasteiger partial charge is 0.393 e. The molecule has 4 fully saturated rings. The molecule has 8 aromatic carbocycles. The first-order valence-electron chi connectivity index (χ1n) is 52.1. The predicted octanol–water partition coefficient (Wildman–Crippen LogP) is 20.9. The molecule has 0 amide bonds. The van der Waals surface area contributed by atoms with E-state index < -0.39 is 123 Å². The normalized spacial score (nSPS) is 21.8. The molecular formula is C113H142F12N16O4. The molecule has 0 radical (unpaired) electrons. The Hall–Kier alpha value is -10.2. The van der Waals surface area contributed by atoms with E-state index in [0.29, 0.717) is 65.7 Å². The van der Waals surface area contributed by atoms with Crippen molar-refractivity contribution in [1.29, 1.82) is 0 Å². The number of H-pyrrole nitrogens is 4. The quantitative estimate of drug-likeness (QED) is 0.0164. The molecule has 20 rings (SSSR count). The van der Waals surface area contributed by atoms with Crippen molar-refractivity contribution in [1.82, 2.24) is 59.1 Å². The number of rotatable bonds is 36. The Morgan fingerprint density at radius 2 is 0.586 bits per heavy atom. The number of nitrogens with one attached hydrogen (secondary N) is 8. The highest BCUT2D eigenvalue weighted by Gasteiger charge is 2.49. The SMILES string of the molecule is CCCCN1CC(Nc2cc(F)c(C3c4[nH]c5ccccc5c4CC(C)N3CC(C)(F)CO)c(F)c2)C1.CCCCN1CC(Nc2cc(F)c(C3c4[nH]c5ccccc5c4CC(C)N3CC(F)(F)CO)c(F)c2)C1.CCCCN1CC(Nc2ccc(C3c4[nH]c5ccccc5c4CC(C)N3CC(F)(F)CO)c(F)c2)C1.CCCCN1CC(Nc2ccc(C3c4[nH]c5ccccc5c4CC(C)N3CC(F)(F)CO)cc2)C1. The number of halogens is 12. The molecule has 0 spiro atoms. The minimum Gasteiger partial charge on any atom is -0.393 e. The van der Waals surface area contributed by atoms with E-state index in [9.17, 15) is 46.8 Å². The Labute approximate surface area is 842 Å². The minimum absolute atomic E-state index is 0.0917. The van der Waals surface area contributed by atoms with Crippen LogP contribution in [-0.2, 0) is 25.7 Å². The number of hydrogen-bond acceptors (Lipinski definition) is 16. The Morgan fingerprint density at radius 1 is 0.317 bits per heavy atom. The van der Waals surface area contributed by atoms with Gasteiger partial charge in [0, 0.05) is 189 Å².